The second-order valence-corrected chi connectivity index (χ2v) is 6.91. The van der Waals surface area contributed by atoms with Crippen molar-refractivity contribution in [3.63, 3.8) is 0 Å². The minimum absolute atomic E-state index is 0.177. The molecule has 0 unspecified atom stereocenters. The second kappa shape index (κ2) is 8.35. The molecule has 1 amide bonds. The number of ether oxygens (including phenoxy) is 3. The van der Waals surface area contributed by atoms with Gasteiger partial charge in [0.2, 0.25) is 12.7 Å². The number of carbonyl (C=O) groups excluding carboxylic acids is 1. The monoisotopic (exact) mass is 429 g/mol. The lowest BCUT2D eigenvalue weighted by Gasteiger charge is -2.07. The number of rotatable bonds is 5. The fourth-order valence-corrected chi connectivity index (χ4v) is 3.12. The molecule has 3 aromatic carbocycles. The Kier molecular flexibility index (Phi) is 5.09. The molecular weight excluding hydrogens is 413 g/mol. The number of hydrogen-bond donors (Lipinski definition) is 1. The molecule has 0 atom stereocenters. The Balaban J connectivity index is 1.24. The van der Waals surface area contributed by atoms with Crippen LogP contribution in [0.3, 0.4) is 0 Å². The fourth-order valence-electron chi connectivity index (χ4n) is 3.12. The van der Waals surface area contributed by atoms with E-state index in [1.807, 2.05) is 0 Å². The van der Waals surface area contributed by atoms with Gasteiger partial charge >= 0.3 is 0 Å². The summed E-state index contributed by atoms with van der Waals surface area (Å²) in [6.07, 6.45) is 0. The molecule has 1 N–H and O–H groups in total. The van der Waals surface area contributed by atoms with E-state index in [2.05, 4.69) is 15.5 Å². The summed E-state index contributed by atoms with van der Waals surface area (Å²) >= 11 is 0. The zero-order valence-corrected chi connectivity index (χ0v) is 16.6. The van der Waals surface area contributed by atoms with Crippen LogP contribution in [0.25, 0.3) is 11.3 Å². The van der Waals surface area contributed by atoms with E-state index in [4.69, 9.17) is 14.2 Å². The standard InChI is InChI=1S/C24H16FN3O4/c25-17-5-8-19(9-6-17)32-23-12-10-20(27-28-23)15-1-3-16(4-2-15)24(29)26-18-7-11-21-22(13-18)31-14-30-21/h1-13H,14H2,(H,26,29). The van der Waals surface area contributed by atoms with Crippen molar-refractivity contribution in [2.24, 2.45) is 0 Å². The highest BCUT2D eigenvalue weighted by atomic mass is 19.1. The van der Waals surface area contributed by atoms with Gasteiger partial charge in [0.25, 0.3) is 5.91 Å². The van der Waals surface area contributed by atoms with Crippen molar-refractivity contribution in [1.29, 1.82) is 0 Å². The van der Waals surface area contributed by atoms with Crippen molar-refractivity contribution in [1.82, 2.24) is 10.2 Å². The van der Waals surface area contributed by atoms with E-state index in [1.54, 1.807) is 54.6 Å². The van der Waals surface area contributed by atoms with E-state index in [9.17, 15) is 9.18 Å². The molecule has 1 aliphatic heterocycles. The Labute approximate surface area is 182 Å². The molecule has 32 heavy (non-hydrogen) atoms. The maximum Gasteiger partial charge on any atom is 0.255 e. The predicted molar refractivity (Wildman–Crippen MR) is 114 cm³/mol. The van der Waals surface area contributed by atoms with Gasteiger partial charge in [-0.25, -0.2) is 4.39 Å². The summed E-state index contributed by atoms with van der Waals surface area (Å²) in [5, 5.41) is 11.0. The van der Waals surface area contributed by atoms with Crippen molar-refractivity contribution in [2.45, 2.75) is 0 Å². The average Bonchev–Trinajstić information content (AvgIpc) is 3.29. The number of halogens is 1. The molecule has 7 nitrogen and oxygen atoms in total. The van der Waals surface area contributed by atoms with Gasteiger partial charge in [-0.2, -0.15) is 0 Å². The molecule has 0 saturated heterocycles. The smallest absolute Gasteiger partial charge is 0.255 e. The molecule has 5 rings (SSSR count). The van der Waals surface area contributed by atoms with Gasteiger partial charge in [-0.3, -0.25) is 4.79 Å². The van der Waals surface area contributed by atoms with E-state index < -0.39 is 0 Å². The number of aromatic nitrogens is 2. The SMILES string of the molecule is O=C(Nc1ccc2c(c1)OCO2)c1ccc(-c2ccc(Oc3ccc(F)cc3)nn2)cc1. The average molecular weight is 429 g/mol. The van der Waals surface area contributed by atoms with Gasteiger partial charge in [-0.15, -0.1) is 10.2 Å². The maximum absolute atomic E-state index is 13.0. The van der Waals surface area contributed by atoms with E-state index in [0.29, 0.717) is 40.1 Å². The normalized spacial score (nSPS) is 11.8. The van der Waals surface area contributed by atoms with Crippen LogP contribution in [0.15, 0.2) is 78.9 Å². The van der Waals surface area contributed by atoms with Crippen LogP contribution in [0.1, 0.15) is 10.4 Å². The Morgan fingerprint density at radius 2 is 1.66 bits per heavy atom. The summed E-state index contributed by atoms with van der Waals surface area (Å²) in [7, 11) is 0. The number of anilines is 1. The predicted octanol–water partition coefficient (Wildman–Crippen LogP) is 5.06. The summed E-state index contributed by atoms with van der Waals surface area (Å²) in [4.78, 5) is 12.6. The highest BCUT2D eigenvalue weighted by molar-refractivity contribution is 6.04. The number of amides is 1. The molecule has 4 aromatic rings. The summed E-state index contributed by atoms with van der Waals surface area (Å²) in [5.74, 6) is 1.42. The molecule has 0 spiro atoms. The second-order valence-electron chi connectivity index (χ2n) is 6.91. The molecule has 0 bridgehead atoms. The van der Waals surface area contributed by atoms with E-state index >= 15 is 0 Å². The summed E-state index contributed by atoms with van der Waals surface area (Å²) < 4.78 is 29.1. The first-order chi connectivity index (χ1) is 15.6. The van der Waals surface area contributed by atoms with Gasteiger partial charge in [0.1, 0.15) is 11.6 Å². The van der Waals surface area contributed by atoms with Crippen molar-refractivity contribution in [3.05, 3.63) is 90.2 Å². The van der Waals surface area contributed by atoms with Gasteiger partial charge in [0, 0.05) is 28.9 Å². The van der Waals surface area contributed by atoms with Crippen LogP contribution in [0.4, 0.5) is 10.1 Å². The number of nitrogens with one attached hydrogen (secondary N) is 1. The molecule has 0 fully saturated rings. The molecule has 0 radical (unpaired) electrons. The number of fused-ring (bicyclic) bond motifs is 1. The third-order valence-corrected chi connectivity index (χ3v) is 4.75. The van der Waals surface area contributed by atoms with E-state index in [-0.39, 0.29) is 18.5 Å². The highest BCUT2D eigenvalue weighted by Crippen LogP contribution is 2.34. The van der Waals surface area contributed by atoms with Crippen molar-refractivity contribution in [2.75, 3.05) is 12.1 Å². The third kappa shape index (κ3) is 4.20. The summed E-state index contributed by atoms with van der Waals surface area (Å²) in [6, 6.07) is 21.3. The van der Waals surface area contributed by atoms with Crippen molar-refractivity contribution in [3.8, 4) is 34.4 Å². The zero-order chi connectivity index (χ0) is 21.9. The van der Waals surface area contributed by atoms with Gasteiger partial charge in [-0.05, 0) is 54.6 Å². The molecule has 0 saturated carbocycles. The maximum atomic E-state index is 13.0. The first kappa shape index (κ1) is 19.5. The minimum atomic E-state index is -0.341. The highest BCUT2D eigenvalue weighted by Gasteiger charge is 2.15. The van der Waals surface area contributed by atoms with Crippen molar-refractivity contribution >= 4 is 11.6 Å². The number of carbonyl (C=O) groups is 1. The lowest BCUT2D eigenvalue weighted by Crippen LogP contribution is -2.11. The van der Waals surface area contributed by atoms with Crippen LogP contribution in [0.2, 0.25) is 0 Å². The number of nitrogens with zero attached hydrogens (tertiary/aromatic N) is 2. The lowest BCUT2D eigenvalue weighted by molar-refractivity contribution is 0.102. The van der Waals surface area contributed by atoms with Gasteiger partial charge in [-0.1, -0.05) is 12.1 Å². The van der Waals surface area contributed by atoms with Crippen LogP contribution < -0.4 is 19.5 Å². The quantitative estimate of drug-likeness (QED) is 0.478. The Morgan fingerprint density at radius 1 is 0.875 bits per heavy atom. The molecule has 158 valence electrons. The molecule has 8 heteroatoms. The third-order valence-electron chi connectivity index (χ3n) is 4.75. The lowest BCUT2D eigenvalue weighted by atomic mass is 10.1. The fraction of sp³-hybridized carbons (Fsp3) is 0.0417. The topological polar surface area (TPSA) is 82.6 Å². The zero-order valence-electron chi connectivity index (χ0n) is 16.6. The summed E-state index contributed by atoms with van der Waals surface area (Å²) in [6.45, 7) is 0.177. The van der Waals surface area contributed by atoms with E-state index in [1.165, 1.54) is 24.3 Å². The Hall–Kier alpha value is -4.46. The number of hydrogen-bond acceptors (Lipinski definition) is 6. The largest absolute Gasteiger partial charge is 0.454 e. The molecule has 0 aliphatic carbocycles. The molecular formula is C24H16FN3O4. The van der Waals surface area contributed by atoms with Crippen LogP contribution in [0.5, 0.6) is 23.1 Å². The molecule has 1 aromatic heterocycles. The first-order valence-electron chi connectivity index (χ1n) is 9.73. The van der Waals surface area contributed by atoms with Crippen LogP contribution in [-0.2, 0) is 0 Å². The molecule has 1 aliphatic rings. The Bertz CT molecular complexity index is 1260. The minimum Gasteiger partial charge on any atom is -0.454 e. The van der Waals surface area contributed by atoms with Gasteiger partial charge in [0.15, 0.2) is 11.5 Å². The first-order valence-corrected chi connectivity index (χ1v) is 9.73. The molecule has 2 heterocycles. The van der Waals surface area contributed by atoms with Crippen LogP contribution in [-0.4, -0.2) is 22.9 Å². The van der Waals surface area contributed by atoms with Crippen LogP contribution >= 0.6 is 0 Å². The number of benzene rings is 3. The van der Waals surface area contributed by atoms with Gasteiger partial charge < -0.3 is 19.5 Å². The van der Waals surface area contributed by atoms with E-state index in [0.717, 1.165) is 5.56 Å². The van der Waals surface area contributed by atoms with Gasteiger partial charge in [0.05, 0.1) is 5.69 Å². The van der Waals surface area contributed by atoms with Crippen LogP contribution in [0, 0.1) is 5.82 Å². The van der Waals surface area contributed by atoms with Crippen molar-refractivity contribution < 1.29 is 23.4 Å². The Morgan fingerprint density at radius 3 is 2.41 bits per heavy atom. The summed E-state index contributed by atoms with van der Waals surface area (Å²) in [5.41, 5.74) is 2.53.